The third-order valence-electron chi connectivity index (χ3n) is 5.59. The van der Waals surface area contributed by atoms with E-state index in [1.165, 1.54) is 30.4 Å². The number of rotatable bonds is 5. The van der Waals surface area contributed by atoms with Crippen molar-refractivity contribution in [1.82, 2.24) is 5.32 Å². The summed E-state index contributed by atoms with van der Waals surface area (Å²) in [6, 6.07) is 9.92. The van der Waals surface area contributed by atoms with Gasteiger partial charge in [0.25, 0.3) is 0 Å². The van der Waals surface area contributed by atoms with Gasteiger partial charge in [-0.05, 0) is 54.2 Å². The van der Waals surface area contributed by atoms with Crippen molar-refractivity contribution >= 4 is 0 Å². The first-order valence-corrected chi connectivity index (χ1v) is 8.81. The van der Waals surface area contributed by atoms with E-state index in [9.17, 15) is 0 Å². The summed E-state index contributed by atoms with van der Waals surface area (Å²) in [5, 5.41) is 3.77. The molecule has 1 heteroatoms. The van der Waals surface area contributed by atoms with E-state index in [1.54, 1.807) is 0 Å². The lowest BCUT2D eigenvalue weighted by molar-refractivity contribution is 0.147. The Kier molecular flexibility index (Phi) is 5.48. The van der Waals surface area contributed by atoms with E-state index in [0.717, 1.165) is 24.8 Å². The third kappa shape index (κ3) is 3.69. The standard InChI is InChI=1S/C20H33N/c1-6-16-9-8-10-17(14-16)20(4,5)18-12-11-15(3)13-19(18)21-7-2/h8-10,14-15,18-19,21H,6-7,11-13H2,1-5H3. The summed E-state index contributed by atoms with van der Waals surface area (Å²) in [6.45, 7) is 12.9. The van der Waals surface area contributed by atoms with Crippen molar-refractivity contribution in [3.8, 4) is 0 Å². The van der Waals surface area contributed by atoms with Crippen molar-refractivity contribution in [1.29, 1.82) is 0 Å². The second-order valence-electron chi connectivity index (χ2n) is 7.46. The molecule has 2 rings (SSSR count). The van der Waals surface area contributed by atoms with Crippen LogP contribution in [0.1, 0.15) is 65.0 Å². The highest BCUT2D eigenvalue weighted by molar-refractivity contribution is 5.30. The first-order valence-electron chi connectivity index (χ1n) is 8.81. The van der Waals surface area contributed by atoms with E-state index in [2.05, 4.69) is 64.2 Å². The fraction of sp³-hybridized carbons (Fsp3) is 0.700. The zero-order chi connectivity index (χ0) is 15.5. The summed E-state index contributed by atoms with van der Waals surface area (Å²) in [5.74, 6) is 1.60. The van der Waals surface area contributed by atoms with E-state index in [4.69, 9.17) is 0 Å². The quantitative estimate of drug-likeness (QED) is 0.808. The van der Waals surface area contributed by atoms with Crippen molar-refractivity contribution in [3.05, 3.63) is 35.4 Å². The molecule has 0 aliphatic heterocycles. The van der Waals surface area contributed by atoms with Gasteiger partial charge in [0, 0.05) is 6.04 Å². The van der Waals surface area contributed by atoms with Gasteiger partial charge in [-0.15, -0.1) is 0 Å². The number of hydrogen-bond donors (Lipinski definition) is 1. The van der Waals surface area contributed by atoms with Crippen LogP contribution in [-0.4, -0.2) is 12.6 Å². The zero-order valence-corrected chi connectivity index (χ0v) is 14.6. The van der Waals surface area contributed by atoms with E-state index < -0.39 is 0 Å². The Hall–Kier alpha value is -0.820. The molecule has 1 nitrogen and oxygen atoms in total. The largest absolute Gasteiger partial charge is 0.314 e. The van der Waals surface area contributed by atoms with Crippen molar-refractivity contribution in [3.63, 3.8) is 0 Å². The van der Waals surface area contributed by atoms with Crippen molar-refractivity contribution < 1.29 is 0 Å². The number of nitrogens with one attached hydrogen (secondary N) is 1. The van der Waals surface area contributed by atoms with Gasteiger partial charge in [-0.2, -0.15) is 0 Å². The monoisotopic (exact) mass is 287 g/mol. The Labute approximate surface area is 131 Å². The molecule has 0 radical (unpaired) electrons. The SMILES string of the molecule is CCNC1CC(C)CCC1C(C)(C)c1cccc(CC)c1. The van der Waals surface area contributed by atoms with Crippen LogP contribution in [0, 0.1) is 11.8 Å². The maximum atomic E-state index is 3.77. The molecule has 0 heterocycles. The lowest BCUT2D eigenvalue weighted by Crippen LogP contribution is -2.48. The number of aryl methyl sites for hydroxylation is 1. The van der Waals surface area contributed by atoms with Gasteiger partial charge < -0.3 is 5.32 Å². The van der Waals surface area contributed by atoms with Gasteiger partial charge in [0.05, 0.1) is 0 Å². The first kappa shape index (κ1) is 16.5. The molecule has 21 heavy (non-hydrogen) atoms. The molecule has 0 spiro atoms. The van der Waals surface area contributed by atoms with Crippen LogP contribution in [0.3, 0.4) is 0 Å². The topological polar surface area (TPSA) is 12.0 Å². The molecule has 3 atom stereocenters. The molecule has 1 aromatic rings. The fourth-order valence-electron chi connectivity index (χ4n) is 4.14. The molecule has 1 aliphatic carbocycles. The Morgan fingerprint density at radius 2 is 1.95 bits per heavy atom. The summed E-state index contributed by atoms with van der Waals surface area (Å²) < 4.78 is 0. The molecule has 1 fully saturated rings. The van der Waals surface area contributed by atoms with Gasteiger partial charge in [-0.25, -0.2) is 0 Å². The Morgan fingerprint density at radius 3 is 2.62 bits per heavy atom. The van der Waals surface area contributed by atoms with Gasteiger partial charge in [-0.1, -0.05) is 65.3 Å². The van der Waals surface area contributed by atoms with Crippen LogP contribution < -0.4 is 5.32 Å². The van der Waals surface area contributed by atoms with Crippen LogP contribution in [0.2, 0.25) is 0 Å². The highest BCUT2D eigenvalue weighted by Gasteiger charge is 2.39. The first-order chi connectivity index (χ1) is 9.98. The van der Waals surface area contributed by atoms with Gasteiger partial charge in [0.2, 0.25) is 0 Å². The predicted octanol–water partition coefficient (Wildman–Crippen LogP) is 4.94. The molecule has 1 aromatic carbocycles. The molecule has 118 valence electrons. The Morgan fingerprint density at radius 1 is 1.19 bits per heavy atom. The van der Waals surface area contributed by atoms with Crippen LogP contribution in [0.15, 0.2) is 24.3 Å². The predicted molar refractivity (Wildman–Crippen MR) is 92.8 cm³/mol. The summed E-state index contributed by atoms with van der Waals surface area (Å²) in [6.07, 6.45) is 5.18. The van der Waals surface area contributed by atoms with Crippen LogP contribution in [0.4, 0.5) is 0 Å². The van der Waals surface area contributed by atoms with Crippen LogP contribution in [0.5, 0.6) is 0 Å². The lowest BCUT2D eigenvalue weighted by Gasteiger charge is -2.45. The average molecular weight is 287 g/mol. The van der Waals surface area contributed by atoms with Crippen molar-refractivity contribution in [2.75, 3.05) is 6.54 Å². The minimum Gasteiger partial charge on any atom is -0.314 e. The van der Waals surface area contributed by atoms with Crippen molar-refractivity contribution in [2.45, 2.75) is 71.8 Å². The number of hydrogen-bond acceptors (Lipinski definition) is 1. The molecular weight excluding hydrogens is 254 g/mol. The molecule has 3 unspecified atom stereocenters. The van der Waals surface area contributed by atoms with Gasteiger partial charge >= 0.3 is 0 Å². The minimum absolute atomic E-state index is 0.248. The minimum atomic E-state index is 0.248. The van der Waals surface area contributed by atoms with Crippen LogP contribution >= 0.6 is 0 Å². The molecular formula is C20H33N. The highest BCUT2D eigenvalue weighted by atomic mass is 14.9. The zero-order valence-electron chi connectivity index (χ0n) is 14.6. The average Bonchev–Trinajstić information content (AvgIpc) is 2.47. The van der Waals surface area contributed by atoms with Gasteiger partial charge in [-0.3, -0.25) is 0 Å². The molecule has 0 aromatic heterocycles. The highest BCUT2D eigenvalue weighted by Crippen LogP contribution is 2.42. The maximum absolute atomic E-state index is 3.77. The smallest absolute Gasteiger partial charge is 0.0106 e. The normalized spacial score (nSPS) is 26.8. The third-order valence-corrected chi connectivity index (χ3v) is 5.59. The van der Waals surface area contributed by atoms with Crippen molar-refractivity contribution in [2.24, 2.45) is 11.8 Å². The Balaban J connectivity index is 2.26. The summed E-state index contributed by atoms with van der Waals surface area (Å²) >= 11 is 0. The summed E-state index contributed by atoms with van der Waals surface area (Å²) in [4.78, 5) is 0. The molecule has 0 bridgehead atoms. The van der Waals surface area contributed by atoms with Gasteiger partial charge in [0.1, 0.15) is 0 Å². The molecule has 1 saturated carbocycles. The van der Waals surface area contributed by atoms with E-state index in [0.29, 0.717) is 6.04 Å². The molecule has 0 amide bonds. The lowest BCUT2D eigenvalue weighted by atomic mass is 9.63. The Bertz CT molecular complexity index is 449. The van der Waals surface area contributed by atoms with Crippen LogP contribution in [-0.2, 0) is 11.8 Å². The molecule has 1 aliphatic rings. The summed E-state index contributed by atoms with van der Waals surface area (Å²) in [5.41, 5.74) is 3.23. The number of benzene rings is 1. The second kappa shape index (κ2) is 6.96. The van der Waals surface area contributed by atoms with E-state index in [-0.39, 0.29) is 5.41 Å². The maximum Gasteiger partial charge on any atom is 0.0106 e. The van der Waals surface area contributed by atoms with Gasteiger partial charge in [0.15, 0.2) is 0 Å². The van der Waals surface area contributed by atoms with E-state index >= 15 is 0 Å². The summed E-state index contributed by atoms with van der Waals surface area (Å²) in [7, 11) is 0. The molecule has 1 N–H and O–H groups in total. The second-order valence-corrected chi connectivity index (χ2v) is 7.46. The molecule has 0 saturated heterocycles. The fourth-order valence-corrected chi connectivity index (χ4v) is 4.14. The van der Waals surface area contributed by atoms with E-state index in [1.807, 2.05) is 0 Å². The van der Waals surface area contributed by atoms with Crippen LogP contribution in [0.25, 0.3) is 0 Å².